The van der Waals surface area contributed by atoms with Gasteiger partial charge in [0.05, 0.1) is 0 Å². The SMILES string of the molecule is O=C(O)COc1ccc(C#Cc2cc(C(=O)O)nc(C(=O)O)n2)cc1. The molecule has 1 aromatic heterocycles. The average molecular weight is 342 g/mol. The topological polar surface area (TPSA) is 147 Å². The van der Waals surface area contributed by atoms with Gasteiger partial charge in [-0.05, 0) is 30.2 Å². The van der Waals surface area contributed by atoms with Crippen molar-refractivity contribution in [2.75, 3.05) is 6.61 Å². The van der Waals surface area contributed by atoms with Gasteiger partial charge in [0.2, 0.25) is 5.82 Å². The number of nitrogens with zero attached hydrogens (tertiary/aromatic N) is 2. The van der Waals surface area contributed by atoms with Crippen LogP contribution in [0, 0.1) is 11.8 Å². The van der Waals surface area contributed by atoms with Gasteiger partial charge in [-0.2, -0.15) is 0 Å². The van der Waals surface area contributed by atoms with Gasteiger partial charge in [0.15, 0.2) is 12.3 Å². The highest BCUT2D eigenvalue weighted by Gasteiger charge is 2.14. The summed E-state index contributed by atoms with van der Waals surface area (Å²) in [5.74, 6) is 0.962. The lowest BCUT2D eigenvalue weighted by atomic mass is 10.2. The van der Waals surface area contributed by atoms with E-state index in [0.29, 0.717) is 11.3 Å². The van der Waals surface area contributed by atoms with Gasteiger partial charge >= 0.3 is 17.9 Å². The summed E-state index contributed by atoms with van der Waals surface area (Å²) >= 11 is 0. The average Bonchev–Trinajstić information content (AvgIpc) is 2.58. The van der Waals surface area contributed by atoms with Crippen LogP contribution < -0.4 is 4.74 Å². The van der Waals surface area contributed by atoms with Crippen molar-refractivity contribution in [1.82, 2.24) is 9.97 Å². The number of aromatic carboxylic acids is 2. The van der Waals surface area contributed by atoms with Crippen LogP contribution in [0.4, 0.5) is 0 Å². The first-order valence-corrected chi connectivity index (χ1v) is 6.67. The third-order valence-corrected chi connectivity index (χ3v) is 2.69. The summed E-state index contributed by atoms with van der Waals surface area (Å²) in [7, 11) is 0. The maximum atomic E-state index is 11.0. The Morgan fingerprint density at radius 3 is 2.20 bits per heavy atom. The third kappa shape index (κ3) is 5.04. The number of hydrogen-bond acceptors (Lipinski definition) is 6. The molecule has 0 saturated carbocycles. The van der Waals surface area contributed by atoms with E-state index in [9.17, 15) is 14.4 Å². The van der Waals surface area contributed by atoms with Crippen LogP contribution in [0.2, 0.25) is 0 Å². The molecule has 25 heavy (non-hydrogen) atoms. The van der Waals surface area contributed by atoms with Crippen molar-refractivity contribution < 1.29 is 34.4 Å². The van der Waals surface area contributed by atoms with Gasteiger partial charge in [-0.1, -0.05) is 5.92 Å². The first kappa shape index (κ1) is 17.4. The summed E-state index contributed by atoms with van der Waals surface area (Å²) < 4.78 is 4.97. The van der Waals surface area contributed by atoms with Crippen LogP contribution in [0.1, 0.15) is 32.4 Å². The Hall–Kier alpha value is -3.93. The fraction of sp³-hybridized carbons (Fsp3) is 0.0625. The Morgan fingerprint density at radius 1 is 0.960 bits per heavy atom. The second-order valence-electron chi connectivity index (χ2n) is 4.53. The van der Waals surface area contributed by atoms with Gasteiger partial charge in [-0.3, -0.25) is 0 Å². The molecule has 2 rings (SSSR count). The highest BCUT2D eigenvalue weighted by Crippen LogP contribution is 2.11. The van der Waals surface area contributed by atoms with E-state index in [1.165, 1.54) is 12.1 Å². The second kappa shape index (κ2) is 7.56. The Labute approximate surface area is 140 Å². The van der Waals surface area contributed by atoms with Gasteiger partial charge in [0.25, 0.3) is 0 Å². The molecule has 0 unspecified atom stereocenters. The van der Waals surface area contributed by atoms with Crippen molar-refractivity contribution in [3.05, 3.63) is 53.1 Å². The number of benzene rings is 1. The van der Waals surface area contributed by atoms with Crippen LogP contribution in [0.25, 0.3) is 0 Å². The van der Waals surface area contributed by atoms with E-state index in [4.69, 9.17) is 20.1 Å². The molecule has 0 radical (unpaired) electrons. The Balaban J connectivity index is 2.24. The molecule has 126 valence electrons. The molecule has 0 atom stereocenters. The molecule has 1 aromatic carbocycles. The van der Waals surface area contributed by atoms with Crippen LogP contribution >= 0.6 is 0 Å². The predicted molar refractivity (Wildman–Crippen MR) is 81.5 cm³/mol. The highest BCUT2D eigenvalue weighted by atomic mass is 16.5. The third-order valence-electron chi connectivity index (χ3n) is 2.69. The molecule has 0 spiro atoms. The zero-order chi connectivity index (χ0) is 18.4. The molecule has 3 N–H and O–H groups in total. The Morgan fingerprint density at radius 2 is 1.64 bits per heavy atom. The summed E-state index contributed by atoms with van der Waals surface area (Å²) in [6.45, 7) is -0.470. The van der Waals surface area contributed by atoms with Crippen LogP contribution in [0.15, 0.2) is 30.3 Å². The van der Waals surface area contributed by atoms with Gasteiger partial charge < -0.3 is 20.1 Å². The molecular formula is C16H10N2O7. The standard InChI is InChI=1S/C16H10N2O7/c19-13(20)8-25-11-5-2-9(3-6-11)1-4-10-7-12(15(21)22)18-14(17-10)16(23)24/h2-3,5-7H,8H2,(H,19,20)(H,21,22)(H,23,24). The minimum Gasteiger partial charge on any atom is -0.482 e. The van der Waals surface area contributed by atoms with Crippen molar-refractivity contribution in [3.8, 4) is 17.6 Å². The van der Waals surface area contributed by atoms with Crippen molar-refractivity contribution in [2.24, 2.45) is 0 Å². The molecule has 0 bridgehead atoms. The fourth-order valence-electron chi connectivity index (χ4n) is 1.63. The Bertz CT molecular complexity index is 863. The molecule has 2 aromatic rings. The van der Waals surface area contributed by atoms with Crippen molar-refractivity contribution in [2.45, 2.75) is 0 Å². The smallest absolute Gasteiger partial charge is 0.374 e. The number of hydrogen-bond donors (Lipinski definition) is 3. The quantitative estimate of drug-likeness (QED) is 0.669. The number of aliphatic carboxylic acids is 1. The second-order valence-corrected chi connectivity index (χ2v) is 4.53. The zero-order valence-corrected chi connectivity index (χ0v) is 12.5. The lowest BCUT2D eigenvalue weighted by Gasteiger charge is -2.02. The van der Waals surface area contributed by atoms with Gasteiger partial charge in [-0.25, -0.2) is 24.4 Å². The number of carboxylic acids is 3. The number of rotatable bonds is 5. The number of aromatic nitrogens is 2. The lowest BCUT2D eigenvalue weighted by Crippen LogP contribution is -2.11. The molecule has 0 saturated heterocycles. The monoisotopic (exact) mass is 342 g/mol. The maximum absolute atomic E-state index is 11.0. The summed E-state index contributed by atoms with van der Waals surface area (Å²) in [6.07, 6.45) is 0. The van der Waals surface area contributed by atoms with Crippen molar-refractivity contribution in [1.29, 1.82) is 0 Å². The molecule has 9 heteroatoms. The summed E-state index contributed by atoms with van der Waals surface area (Å²) in [6, 6.07) is 7.20. The van der Waals surface area contributed by atoms with Crippen molar-refractivity contribution in [3.63, 3.8) is 0 Å². The molecule has 9 nitrogen and oxygen atoms in total. The van der Waals surface area contributed by atoms with Gasteiger partial charge in [0.1, 0.15) is 11.4 Å². The minimum atomic E-state index is -1.47. The molecule has 0 amide bonds. The largest absolute Gasteiger partial charge is 0.482 e. The normalized spacial score (nSPS) is 9.60. The molecular weight excluding hydrogens is 332 g/mol. The predicted octanol–water partition coefficient (Wildman–Crippen LogP) is 0.736. The van der Waals surface area contributed by atoms with Crippen LogP contribution in [0.5, 0.6) is 5.75 Å². The van der Waals surface area contributed by atoms with Crippen molar-refractivity contribution >= 4 is 17.9 Å². The zero-order valence-electron chi connectivity index (χ0n) is 12.5. The summed E-state index contributed by atoms with van der Waals surface area (Å²) in [5, 5.41) is 26.4. The number of carbonyl (C=O) groups is 3. The first-order valence-electron chi connectivity index (χ1n) is 6.67. The van der Waals surface area contributed by atoms with E-state index in [-0.39, 0.29) is 5.69 Å². The first-order chi connectivity index (χ1) is 11.8. The number of ether oxygens (including phenoxy) is 1. The van der Waals surface area contributed by atoms with E-state index in [1.54, 1.807) is 12.1 Å². The Kier molecular flexibility index (Phi) is 5.27. The molecule has 0 aliphatic carbocycles. The van der Waals surface area contributed by atoms with Crippen LogP contribution in [0.3, 0.4) is 0 Å². The highest BCUT2D eigenvalue weighted by molar-refractivity contribution is 5.88. The summed E-state index contributed by atoms with van der Waals surface area (Å²) in [5.41, 5.74) is -0.0276. The van der Waals surface area contributed by atoms with E-state index in [1.807, 2.05) is 0 Å². The van der Waals surface area contributed by atoms with Crippen LogP contribution in [-0.2, 0) is 4.79 Å². The van der Waals surface area contributed by atoms with Crippen LogP contribution in [-0.4, -0.2) is 49.8 Å². The lowest BCUT2D eigenvalue weighted by molar-refractivity contribution is -0.139. The van der Waals surface area contributed by atoms with E-state index in [2.05, 4.69) is 21.8 Å². The minimum absolute atomic E-state index is 0.0593. The molecule has 0 aliphatic rings. The van der Waals surface area contributed by atoms with E-state index >= 15 is 0 Å². The van der Waals surface area contributed by atoms with Gasteiger partial charge in [0, 0.05) is 11.6 Å². The summed E-state index contributed by atoms with van der Waals surface area (Å²) in [4.78, 5) is 39.3. The molecule has 1 heterocycles. The van der Waals surface area contributed by atoms with E-state index in [0.717, 1.165) is 6.07 Å². The van der Waals surface area contributed by atoms with Gasteiger partial charge in [-0.15, -0.1) is 0 Å². The number of carboxylic acid groups (broad SMARTS) is 3. The fourth-order valence-corrected chi connectivity index (χ4v) is 1.63. The molecule has 0 fully saturated rings. The molecule has 0 aliphatic heterocycles. The van der Waals surface area contributed by atoms with E-state index < -0.39 is 36.0 Å². The maximum Gasteiger partial charge on any atom is 0.374 e.